The number of ether oxygens (including phenoxy) is 1. The summed E-state index contributed by atoms with van der Waals surface area (Å²) in [6.45, 7) is 3.69. The van der Waals surface area contributed by atoms with Gasteiger partial charge in [0.2, 0.25) is 5.89 Å². The Balaban J connectivity index is 0.00000121. The quantitative estimate of drug-likeness (QED) is 0.921. The summed E-state index contributed by atoms with van der Waals surface area (Å²) in [5.74, 6) is 1.55. The van der Waals surface area contributed by atoms with Crippen molar-refractivity contribution in [2.45, 2.75) is 12.6 Å². The molecule has 2 aromatic rings. The number of aromatic nitrogens is 1. The van der Waals surface area contributed by atoms with Gasteiger partial charge in [-0.3, -0.25) is 4.90 Å². The number of hydrogen-bond acceptors (Lipinski definition) is 5. The number of benzene rings is 1. The monoisotopic (exact) mass is 345 g/mol. The van der Waals surface area contributed by atoms with Crippen LogP contribution in [0.5, 0.6) is 0 Å². The third kappa shape index (κ3) is 4.69. The molecule has 7 heteroatoms. The molecule has 5 nitrogen and oxygen atoms in total. The van der Waals surface area contributed by atoms with Gasteiger partial charge in [0.1, 0.15) is 0 Å². The van der Waals surface area contributed by atoms with Gasteiger partial charge >= 0.3 is 0 Å². The van der Waals surface area contributed by atoms with E-state index in [-0.39, 0.29) is 30.9 Å². The van der Waals surface area contributed by atoms with Gasteiger partial charge in [-0.1, -0.05) is 30.3 Å². The summed E-state index contributed by atoms with van der Waals surface area (Å²) < 4.78 is 11.4. The number of rotatable bonds is 4. The highest BCUT2D eigenvalue weighted by molar-refractivity contribution is 5.85. The number of oxazole rings is 1. The van der Waals surface area contributed by atoms with Gasteiger partial charge in [0, 0.05) is 25.2 Å². The normalized spacial score (nSPS) is 18.3. The van der Waals surface area contributed by atoms with Gasteiger partial charge in [-0.25, -0.2) is 4.98 Å². The van der Waals surface area contributed by atoms with Crippen molar-refractivity contribution in [3.63, 3.8) is 0 Å². The maximum atomic E-state index is 5.82. The van der Waals surface area contributed by atoms with E-state index in [0.717, 1.165) is 30.3 Å². The highest BCUT2D eigenvalue weighted by Crippen LogP contribution is 2.20. The summed E-state index contributed by atoms with van der Waals surface area (Å²) in [4.78, 5) is 6.62. The van der Waals surface area contributed by atoms with E-state index in [1.165, 1.54) is 0 Å². The molecule has 122 valence electrons. The first kappa shape index (κ1) is 18.9. The molecule has 1 aliphatic rings. The maximum Gasteiger partial charge on any atom is 0.209 e. The van der Waals surface area contributed by atoms with Gasteiger partial charge in [0.05, 0.1) is 25.5 Å². The molecule has 3 rings (SSSR count). The summed E-state index contributed by atoms with van der Waals surface area (Å²) in [7, 11) is 0. The van der Waals surface area contributed by atoms with E-state index < -0.39 is 0 Å². The Morgan fingerprint density at radius 3 is 2.73 bits per heavy atom. The summed E-state index contributed by atoms with van der Waals surface area (Å²) >= 11 is 0. The molecule has 1 saturated heterocycles. The maximum absolute atomic E-state index is 5.82. The number of nitrogens with two attached hydrogens (primary N) is 1. The van der Waals surface area contributed by atoms with Crippen molar-refractivity contribution in [2.75, 3.05) is 26.2 Å². The molecule has 0 spiro atoms. The molecule has 0 aliphatic carbocycles. The fourth-order valence-electron chi connectivity index (χ4n) is 2.38. The molecule has 1 unspecified atom stereocenters. The van der Waals surface area contributed by atoms with Crippen molar-refractivity contribution in [1.29, 1.82) is 0 Å². The molecule has 0 saturated carbocycles. The van der Waals surface area contributed by atoms with Gasteiger partial charge in [-0.15, -0.1) is 24.8 Å². The van der Waals surface area contributed by atoms with Crippen LogP contribution in [0.1, 0.15) is 5.89 Å². The molecular formula is C15H21Cl2N3O2. The van der Waals surface area contributed by atoms with E-state index in [1.54, 1.807) is 6.20 Å². The Kier molecular flexibility index (Phi) is 7.85. The lowest BCUT2D eigenvalue weighted by Gasteiger charge is -2.31. The molecule has 2 N–H and O–H groups in total. The van der Waals surface area contributed by atoms with Gasteiger partial charge in [0.15, 0.2) is 5.76 Å². The smallest absolute Gasteiger partial charge is 0.209 e. The summed E-state index contributed by atoms with van der Waals surface area (Å²) in [5, 5.41) is 0. The fourth-order valence-corrected chi connectivity index (χ4v) is 2.38. The molecule has 22 heavy (non-hydrogen) atoms. The van der Waals surface area contributed by atoms with Crippen molar-refractivity contribution in [1.82, 2.24) is 9.88 Å². The zero-order valence-corrected chi connectivity index (χ0v) is 13.8. The van der Waals surface area contributed by atoms with Crippen LogP contribution >= 0.6 is 24.8 Å². The molecule has 1 aromatic heterocycles. The minimum absolute atomic E-state index is 0. The first-order valence-corrected chi connectivity index (χ1v) is 6.89. The zero-order chi connectivity index (χ0) is 13.8. The molecule has 0 amide bonds. The minimum atomic E-state index is 0. The molecule has 1 aromatic carbocycles. The lowest BCUT2D eigenvalue weighted by molar-refractivity contribution is -0.0283. The van der Waals surface area contributed by atoms with E-state index in [0.29, 0.717) is 19.7 Å². The van der Waals surface area contributed by atoms with E-state index >= 15 is 0 Å². The number of hydrogen-bond donors (Lipinski definition) is 1. The largest absolute Gasteiger partial charge is 0.439 e. The average Bonchev–Trinajstić information content (AvgIpc) is 2.97. The third-order valence-electron chi connectivity index (χ3n) is 3.46. The third-order valence-corrected chi connectivity index (χ3v) is 3.46. The van der Waals surface area contributed by atoms with Gasteiger partial charge in [0.25, 0.3) is 0 Å². The van der Waals surface area contributed by atoms with Crippen LogP contribution in [0.2, 0.25) is 0 Å². The van der Waals surface area contributed by atoms with Crippen LogP contribution in [0.15, 0.2) is 40.9 Å². The Bertz CT molecular complexity index is 551. The van der Waals surface area contributed by atoms with Gasteiger partial charge < -0.3 is 14.9 Å². The summed E-state index contributed by atoms with van der Waals surface area (Å²) in [5.41, 5.74) is 6.70. The Hall–Kier alpha value is -1.11. The van der Waals surface area contributed by atoms with Crippen molar-refractivity contribution >= 4 is 24.8 Å². The van der Waals surface area contributed by atoms with Crippen LogP contribution in [0, 0.1) is 0 Å². The minimum Gasteiger partial charge on any atom is -0.439 e. The van der Waals surface area contributed by atoms with Crippen LogP contribution in [-0.2, 0) is 11.3 Å². The summed E-state index contributed by atoms with van der Waals surface area (Å²) in [6, 6.07) is 10.0. The number of halogens is 2. The highest BCUT2D eigenvalue weighted by atomic mass is 35.5. The molecular weight excluding hydrogens is 325 g/mol. The Morgan fingerprint density at radius 2 is 2.00 bits per heavy atom. The highest BCUT2D eigenvalue weighted by Gasteiger charge is 2.20. The predicted molar refractivity (Wildman–Crippen MR) is 90.5 cm³/mol. The van der Waals surface area contributed by atoms with Crippen molar-refractivity contribution in [3.05, 3.63) is 42.4 Å². The van der Waals surface area contributed by atoms with E-state index in [1.807, 2.05) is 30.3 Å². The molecule has 0 radical (unpaired) electrons. The van der Waals surface area contributed by atoms with Crippen molar-refractivity contribution < 1.29 is 9.15 Å². The second-order valence-electron chi connectivity index (χ2n) is 4.95. The standard InChI is InChI=1S/C15H19N3O2.2ClH/c16-8-13-10-18(6-7-19-13)11-15-17-9-14(20-15)12-4-2-1-3-5-12;;/h1-5,9,13H,6-8,10-11,16H2;2*1H. The van der Waals surface area contributed by atoms with Crippen LogP contribution < -0.4 is 5.73 Å². The topological polar surface area (TPSA) is 64.5 Å². The van der Waals surface area contributed by atoms with Crippen molar-refractivity contribution in [2.24, 2.45) is 5.73 Å². The molecule has 0 bridgehead atoms. The van der Waals surface area contributed by atoms with Gasteiger partial charge in [-0.05, 0) is 0 Å². The summed E-state index contributed by atoms with van der Waals surface area (Å²) in [6.07, 6.45) is 1.90. The second-order valence-corrected chi connectivity index (χ2v) is 4.95. The Morgan fingerprint density at radius 1 is 1.23 bits per heavy atom. The van der Waals surface area contributed by atoms with Crippen LogP contribution in [0.25, 0.3) is 11.3 Å². The number of morpholine rings is 1. The number of nitrogens with zero attached hydrogens (tertiary/aromatic N) is 2. The van der Waals surface area contributed by atoms with Crippen LogP contribution in [-0.4, -0.2) is 42.2 Å². The zero-order valence-electron chi connectivity index (χ0n) is 12.2. The van der Waals surface area contributed by atoms with Crippen LogP contribution in [0.4, 0.5) is 0 Å². The van der Waals surface area contributed by atoms with Gasteiger partial charge in [-0.2, -0.15) is 0 Å². The lowest BCUT2D eigenvalue weighted by Crippen LogP contribution is -2.45. The first-order chi connectivity index (χ1) is 9.85. The second kappa shape index (κ2) is 9.12. The molecule has 2 heterocycles. The molecule has 1 atom stereocenters. The van der Waals surface area contributed by atoms with E-state index in [4.69, 9.17) is 14.9 Å². The lowest BCUT2D eigenvalue weighted by atomic mass is 10.2. The average molecular weight is 346 g/mol. The molecule has 1 aliphatic heterocycles. The fraction of sp³-hybridized carbons (Fsp3) is 0.400. The van der Waals surface area contributed by atoms with Crippen molar-refractivity contribution in [3.8, 4) is 11.3 Å². The van der Waals surface area contributed by atoms with E-state index in [2.05, 4.69) is 9.88 Å². The predicted octanol–water partition coefficient (Wildman–Crippen LogP) is 2.34. The first-order valence-electron chi connectivity index (χ1n) is 6.89. The van der Waals surface area contributed by atoms with Crippen LogP contribution in [0.3, 0.4) is 0 Å². The van der Waals surface area contributed by atoms with E-state index in [9.17, 15) is 0 Å². The Labute approximate surface area is 142 Å². The molecule has 1 fully saturated rings. The SMILES string of the molecule is Cl.Cl.NCC1CN(Cc2ncc(-c3ccccc3)o2)CCO1.